The van der Waals surface area contributed by atoms with Crippen LogP contribution in [0.3, 0.4) is 0 Å². The maximum Gasteiger partial charge on any atom is 0.251 e. The van der Waals surface area contributed by atoms with Crippen molar-refractivity contribution in [3.63, 3.8) is 0 Å². The molecule has 0 atom stereocenters. The number of amides is 1. The topological polar surface area (TPSA) is 57.3 Å². The van der Waals surface area contributed by atoms with Crippen molar-refractivity contribution in [2.75, 3.05) is 38.5 Å². The van der Waals surface area contributed by atoms with Gasteiger partial charge in [-0.1, -0.05) is 27.2 Å². The number of rotatable bonds is 9. The minimum Gasteiger partial charge on any atom is -0.373 e. The smallest absolute Gasteiger partial charge is 0.251 e. The van der Waals surface area contributed by atoms with Crippen LogP contribution in [-0.2, 0) is 6.42 Å². The molecule has 0 aliphatic rings. The van der Waals surface area contributed by atoms with Crippen LogP contribution in [0.1, 0.15) is 43.2 Å². The molecule has 0 aromatic carbocycles. The first-order chi connectivity index (χ1) is 10.1. The van der Waals surface area contributed by atoms with Crippen molar-refractivity contribution in [2.24, 2.45) is 0 Å². The van der Waals surface area contributed by atoms with E-state index in [4.69, 9.17) is 0 Å². The Morgan fingerprint density at radius 1 is 1.24 bits per heavy atom. The lowest BCUT2D eigenvalue weighted by atomic mass is 10.1. The SMILES string of the molecule is CCCc1cc(C(=O)NCCN(CC)CC)cc(NC)n1. The molecule has 1 aromatic rings. The molecule has 0 saturated carbocycles. The number of hydrogen-bond donors (Lipinski definition) is 2. The summed E-state index contributed by atoms with van der Waals surface area (Å²) in [7, 11) is 1.82. The quantitative estimate of drug-likeness (QED) is 0.732. The van der Waals surface area contributed by atoms with Gasteiger partial charge < -0.3 is 15.5 Å². The Morgan fingerprint density at radius 3 is 2.52 bits per heavy atom. The molecular weight excluding hydrogens is 264 g/mol. The van der Waals surface area contributed by atoms with Crippen LogP contribution in [0, 0.1) is 0 Å². The number of aromatic nitrogens is 1. The van der Waals surface area contributed by atoms with Crippen molar-refractivity contribution in [2.45, 2.75) is 33.6 Å². The molecule has 1 amide bonds. The Bertz CT molecular complexity index is 444. The summed E-state index contributed by atoms with van der Waals surface area (Å²) in [6, 6.07) is 3.68. The Labute approximate surface area is 128 Å². The fourth-order valence-corrected chi connectivity index (χ4v) is 2.20. The third kappa shape index (κ3) is 5.71. The van der Waals surface area contributed by atoms with Crippen molar-refractivity contribution < 1.29 is 4.79 Å². The van der Waals surface area contributed by atoms with Gasteiger partial charge in [-0.3, -0.25) is 4.79 Å². The van der Waals surface area contributed by atoms with Crippen molar-refractivity contribution in [1.29, 1.82) is 0 Å². The molecule has 0 saturated heterocycles. The van der Waals surface area contributed by atoms with E-state index in [1.165, 1.54) is 0 Å². The number of carbonyl (C=O) groups is 1. The molecule has 1 heterocycles. The maximum absolute atomic E-state index is 12.2. The third-order valence-electron chi connectivity index (χ3n) is 3.51. The first-order valence-electron chi connectivity index (χ1n) is 7.83. The molecule has 118 valence electrons. The van der Waals surface area contributed by atoms with Crippen molar-refractivity contribution >= 4 is 11.7 Å². The second-order valence-corrected chi connectivity index (χ2v) is 5.02. The number of pyridine rings is 1. The summed E-state index contributed by atoms with van der Waals surface area (Å²) in [5.41, 5.74) is 1.63. The van der Waals surface area contributed by atoms with Crippen LogP contribution in [0.15, 0.2) is 12.1 Å². The predicted octanol–water partition coefficient (Wildman–Crippen LogP) is 2.15. The first kappa shape index (κ1) is 17.4. The highest BCUT2D eigenvalue weighted by atomic mass is 16.1. The lowest BCUT2D eigenvalue weighted by Gasteiger charge is -2.18. The lowest BCUT2D eigenvalue weighted by Crippen LogP contribution is -2.34. The van der Waals surface area contributed by atoms with Gasteiger partial charge in [0.25, 0.3) is 5.91 Å². The van der Waals surface area contributed by atoms with Gasteiger partial charge in [-0.05, 0) is 31.6 Å². The number of likely N-dealkylation sites (N-methyl/N-ethyl adjacent to an activating group) is 1. The monoisotopic (exact) mass is 292 g/mol. The highest BCUT2D eigenvalue weighted by Crippen LogP contribution is 2.11. The third-order valence-corrected chi connectivity index (χ3v) is 3.51. The summed E-state index contributed by atoms with van der Waals surface area (Å²) >= 11 is 0. The van der Waals surface area contributed by atoms with Gasteiger partial charge in [0.2, 0.25) is 0 Å². The van der Waals surface area contributed by atoms with E-state index in [1.54, 1.807) is 6.07 Å². The molecule has 1 rings (SSSR count). The van der Waals surface area contributed by atoms with Crippen molar-refractivity contribution in [3.8, 4) is 0 Å². The van der Waals surface area contributed by atoms with Crippen LogP contribution >= 0.6 is 0 Å². The Morgan fingerprint density at radius 2 is 1.95 bits per heavy atom. The van der Waals surface area contributed by atoms with Gasteiger partial charge in [-0.15, -0.1) is 0 Å². The number of nitrogens with one attached hydrogen (secondary N) is 2. The van der Waals surface area contributed by atoms with Gasteiger partial charge >= 0.3 is 0 Å². The van der Waals surface area contributed by atoms with Gasteiger partial charge in [-0.2, -0.15) is 0 Å². The Hall–Kier alpha value is -1.62. The van der Waals surface area contributed by atoms with Gasteiger partial charge in [0.1, 0.15) is 5.82 Å². The zero-order valence-corrected chi connectivity index (χ0v) is 13.7. The van der Waals surface area contributed by atoms with Gasteiger partial charge in [0.05, 0.1) is 0 Å². The molecule has 0 aliphatic heterocycles. The minimum absolute atomic E-state index is 0.0293. The normalized spacial score (nSPS) is 10.7. The van der Waals surface area contributed by atoms with Crippen LogP contribution in [0.2, 0.25) is 0 Å². The lowest BCUT2D eigenvalue weighted by molar-refractivity contribution is 0.0948. The Kier molecular flexibility index (Phi) is 7.75. The summed E-state index contributed by atoms with van der Waals surface area (Å²) in [5.74, 6) is 0.716. The van der Waals surface area contributed by atoms with E-state index < -0.39 is 0 Å². The standard InChI is InChI=1S/C16H28N4O/c1-5-8-14-11-13(12-15(17-4)19-14)16(21)18-9-10-20(6-2)7-3/h11-12H,5-10H2,1-4H3,(H,17,19)(H,18,21). The zero-order valence-electron chi connectivity index (χ0n) is 13.7. The van der Waals surface area contributed by atoms with Crippen LogP contribution < -0.4 is 10.6 Å². The highest BCUT2D eigenvalue weighted by molar-refractivity contribution is 5.95. The number of nitrogens with zero attached hydrogens (tertiary/aromatic N) is 2. The van der Waals surface area contributed by atoms with Crippen LogP contribution in [0.4, 0.5) is 5.82 Å². The van der Waals surface area contributed by atoms with Crippen LogP contribution in [0.25, 0.3) is 0 Å². The summed E-state index contributed by atoms with van der Waals surface area (Å²) in [5, 5.41) is 6.00. The molecule has 21 heavy (non-hydrogen) atoms. The largest absolute Gasteiger partial charge is 0.373 e. The number of hydrogen-bond acceptors (Lipinski definition) is 4. The first-order valence-corrected chi connectivity index (χ1v) is 7.83. The van der Waals surface area contributed by atoms with Crippen molar-refractivity contribution in [3.05, 3.63) is 23.4 Å². The highest BCUT2D eigenvalue weighted by Gasteiger charge is 2.09. The van der Waals surface area contributed by atoms with E-state index in [2.05, 4.69) is 41.3 Å². The molecular formula is C16H28N4O. The fourth-order valence-electron chi connectivity index (χ4n) is 2.20. The van der Waals surface area contributed by atoms with E-state index in [9.17, 15) is 4.79 Å². The molecule has 1 aromatic heterocycles. The summed E-state index contributed by atoms with van der Waals surface area (Å²) in [6.07, 6.45) is 1.90. The summed E-state index contributed by atoms with van der Waals surface area (Å²) in [6.45, 7) is 9.93. The molecule has 0 fully saturated rings. The predicted molar refractivity (Wildman–Crippen MR) is 87.9 cm³/mol. The summed E-state index contributed by atoms with van der Waals surface area (Å²) in [4.78, 5) is 19.0. The van der Waals surface area contributed by atoms with Crippen LogP contribution in [-0.4, -0.2) is 49.0 Å². The van der Waals surface area contributed by atoms with E-state index in [0.29, 0.717) is 12.1 Å². The van der Waals surface area contributed by atoms with E-state index in [0.717, 1.165) is 44.0 Å². The minimum atomic E-state index is -0.0293. The zero-order chi connectivity index (χ0) is 15.7. The molecule has 0 aliphatic carbocycles. The molecule has 2 N–H and O–H groups in total. The second kappa shape index (κ2) is 9.34. The van der Waals surface area contributed by atoms with Gasteiger partial charge in [0, 0.05) is 31.4 Å². The average Bonchev–Trinajstić information content (AvgIpc) is 2.51. The number of anilines is 1. The fraction of sp³-hybridized carbons (Fsp3) is 0.625. The van der Waals surface area contributed by atoms with Gasteiger partial charge in [-0.25, -0.2) is 4.98 Å². The van der Waals surface area contributed by atoms with E-state index in [-0.39, 0.29) is 5.91 Å². The molecule has 5 heteroatoms. The number of aryl methyl sites for hydroxylation is 1. The average molecular weight is 292 g/mol. The maximum atomic E-state index is 12.2. The van der Waals surface area contributed by atoms with Crippen LogP contribution in [0.5, 0.6) is 0 Å². The van der Waals surface area contributed by atoms with Crippen molar-refractivity contribution in [1.82, 2.24) is 15.2 Å². The van der Waals surface area contributed by atoms with Gasteiger partial charge in [0.15, 0.2) is 0 Å². The second-order valence-electron chi connectivity index (χ2n) is 5.02. The molecule has 5 nitrogen and oxygen atoms in total. The molecule has 0 bridgehead atoms. The number of carbonyl (C=O) groups excluding carboxylic acids is 1. The molecule has 0 spiro atoms. The van der Waals surface area contributed by atoms with E-state index >= 15 is 0 Å². The summed E-state index contributed by atoms with van der Waals surface area (Å²) < 4.78 is 0. The molecule has 0 radical (unpaired) electrons. The van der Waals surface area contributed by atoms with E-state index in [1.807, 2.05) is 13.1 Å². The Balaban J connectivity index is 2.66. The molecule has 0 unspecified atom stereocenters.